The molecular weight excluding hydrogens is 298 g/mol. The molecule has 4 nitrogen and oxygen atoms in total. The average molecular weight is 312 g/mol. The summed E-state index contributed by atoms with van der Waals surface area (Å²) < 4.78 is 5.82. The summed E-state index contributed by atoms with van der Waals surface area (Å²) in [5.74, 6) is 0.677. The molecule has 1 aliphatic heterocycles. The monoisotopic (exact) mass is 311 g/mol. The Morgan fingerprint density at radius 2 is 2.35 bits per heavy atom. The van der Waals surface area contributed by atoms with E-state index in [2.05, 4.69) is 0 Å². The summed E-state index contributed by atoms with van der Waals surface area (Å²) >= 11 is 7.67. The molecule has 1 aliphatic rings. The number of aryl methyl sites for hydroxylation is 1. The quantitative estimate of drug-likeness (QED) is 0.814. The average Bonchev–Trinajstić information content (AvgIpc) is 2.98. The van der Waals surface area contributed by atoms with Crippen LogP contribution in [-0.4, -0.2) is 30.7 Å². The predicted molar refractivity (Wildman–Crippen MR) is 81.4 cm³/mol. The van der Waals surface area contributed by atoms with Gasteiger partial charge in [-0.25, -0.2) is 4.79 Å². The number of methoxy groups -OCH3 is 1. The summed E-state index contributed by atoms with van der Waals surface area (Å²) in [5, 5.41) is 11.0. The molecule has 1 aromatic heterocycles. The lowest BCUT2D eigenvalue weighted by Crippen LogP contribution is -2.29. The zero-order valence-corrected chi connectivity index (χ0v) is 12.7. The van der Waals surface area contributed by atoms with E-state index in [4.69, 9.17) is 16.3 Å². The van der Waals surface area contributed by atoms with Crippen molar-refractivity contribution in [1.82, 2.24) is 0 Å². The summed E-state index contributed by atoms with van der Waals surface area (Å²) in [6, 6.07) is 3.59. The number of phenolic OH excluding ortho intramolecular Hbond substituents is 1. The third-order valence-electron chi connectivity index (χ3n) is 3.61. The number of hydrogen-bond acceptors (Lipinski definition) is 4. The van der Waals surface area contributed by atoms with Gasteiger partial charge in [-0.2, -0.15) is 0 Å². The second-order valence-corrected chi connectivity index (χ2v) is 6.43. The molecule has 106 valence electrons. The van der Waals surface area contributed by atoms with Crippen LogP contribution < -0.4 is 4.90 Å². The highest BCUT2D eigenvalue weighted by molar-refractivity contribution is 7.19. The summed E-state index contributed by atoms with van der Waals surface area (Å²) in [6.07, 6.45) is -0.425. The van der Waals surface area contributed by atoms with Crippen molar-refractivity contribution in [2.24, 2.45) is 0 Å². The largest absolute Gasteiger partial charge is 0.507 e. The first-order chi connectivity index (χ1) is 9.56. The molecule has 2 heterocycles. The molecule has 6 heteroatoms. The number of amides is 1. The van der Waals surface area contributed by atoms with Gasteiger partial charge in [-0.05, 0) is 13.0 Å². The molecule has 0 fully saturated rings. The number of phenols is 1. The summed E-state index contributed by atoms with van der Waals surface area (Å²) in [7, 11) is 1.35. The lowest BCUT2D eigenvalue weighted by molar-refractivity contribution is 0.179. The third kappa shape index (κ3) is 1.84. The molecule has 0 saturated carbocycles. The van der Waals surface area contributed by atoms with Gasteiger partial charge in [0.1, 0.15) is 5.75 Å². The van der Waals surface area contributed by atoms with Gasteiger partial charge in [-0.1, -0.05) is 0 Å². The van der Waals surface area contributed by atoms with Crippen LogP contribution in [0.15, 0.2) is 12.1 Å². The zero-order chi connectivity index (χ0) is 14.4. The number of halogens is 1. The van der Waals surface area contributed by atoms with Crippen LogP contribution in [0.25, 0.3) is 10.1 Å². The molecule has 0 bridgehead atoms. The van der Waals surface area contributed by atoms with Crippen molar-refractivity contribution in [3.8, 4) is 5.75 Å². The van der Waals surface area contributed by atoms with Crippen LogP contribution in [0.5, 0.6) is 5.75 Å². The van der Waals surface area contributed by atoms with Crippen molar-refractivity contribution < 1.29 is 14.6 Å². The van der Waals surface area contributed by atoms with Gasteiger partial charge < -0.3 is 9.84 Å². The van der Waals surface area contributed by atoms with E-state index in [9.17, 15) is 9.90 Å². The van der Waals surface area contributed by atoms with Gasteiger partial charge in [0.05, 0.1) is 12.8 Å². The number of carbonyl (C=O) groups is 1. The fourth-order valence-corrected chi connectivity index (χ4v) is 4.15. The van der Waals surface area contributed by atoms with Crippen LogP contribution in [0.1, 0.15) is 16.4 Å². The first-order valence-electron chi connectivity index (χ1n) is 6.24. The molecule has 3 rings (SSSR count). The van der Waals surface area contributed by atoms with Crippen LogP contribution in [0, 0.1) is 6.92 Å². The Balaban J connectivity index is 2.28. The molecule has 0 spiro atoms. The molecule has 0 aliphatic carbocycles. The second kappa shape index (κ2) is 4.82. The highest BCUT2D eigenvalue weighted by Crippen LogP contribution is 2.47. The van der Waals surface area contributed by atoms with Crippen molar-refractivity contribution >= 4 is 44.8 Å². The van der Waals surface area contributed by atoms with E-state index in [0.29, 0.717) is 18.1 Å². The maximum absolute atomic E-state index is 11.9. The molecule has 2 aromatic rings. The molecule has 1 atom stereocenters. The Morgan fingerprint density at radius 1 is 1.60 bits per heavy atom. The molecule has 1 amide bonds. The molecule has 0 saturated heterocycles. The Labute approximate surface area is 125 Å². The lowest BCUT2D eigenvalue weighted by atomic mass is 10.0. The fourth-order valence-electron chi connectivity index (χ4n) is 2.74. The number of carbonyl (C=O) groups excluding carboxylic acids is 1. The maximum Gasteiger partial charge on any atom is 0.414 e. The molecule has 20 heavy (non-hydrogen) atoms. The van der Waals surface area contributed by atoms with E-state index in [1.54, 1.807) is 17.4 Å². The van der Waals surface area contributed by atoms with Gasteiger partial charge >= 0.3 is 6.09 Å². The molecule has 1 aromatic carbocycles. The van der Waals surface area contributed by atoms with E-state index in [1.165, 1.54) is 12.0 Å². The van der Waals surface area contributed by atoms with Crippen molar-refractivity contribution in [3.05, 3.63) is 22.6 Å². The van der Waals surface area contributed by atoms with Gasteiger partial charge in [0.2, 0.25) is 0 Å². The number of rotatable bonds is 1. The molecular formula is C14H14ClNO3S. The number of fused-ring (bicyclic) bond motifs is 3. The van der Waals surface area contributed by atoms with E-state index < -0.39 is 6.09 Å². The van der Waals surface area contributed by atoms with Gasteiger partial charge in [0.25, 0.3) is 0 Å². The van der Waals surface area contributed by atoms with Crippen LogP contribution >= 0.6 is 22.9 Å². The topological polar surface area (TPSA) is 49.8 Å². The van der Waals surface area contributed by atoms with Crippen molar-refractivity contribution in [1.29, 1.82) is 0 Å². The fraction of sp³-hybridized carbons (Fsp3) is 0.357. The Kier molecular flexibility index (Phi) is 3.26. The maximum atomic E-state index is 11.9. The molecule has 0 radical (unpaired) electrons. The van der Waals surface area contributed by atoms with E-state index in [0.717, 1.165) is 20.5 Å². The first-order valence-corrected chi connectivity index (χ1v) is 7.59. The zero-order valence-electron chi connectivity index (χ0n) is 11.1. The minimum absolute atomic E-state index is 0.0620. The summed E-state index contributed by atoms with van der Waals surface area (Å²) in [5.41, 5.74) is 1.74. The first kappa shape index (κ1) is 13.5. The van der Waals surface area contributed by atoms with E-state index >= 15 is 0 Å². The van der Waals surface area contributed by atoms with Gasteiger partial charge in [-0.15, -0.1) is 22.9 Å². The lowest BCUT2D eigenvalue weighted by Gasteiger charge is -2.15. The van der Waals surface area contributed by atoms with Gasteiger partial charge in [0, 0.05) is 44.9 Å². The molecule has 1 N–H and O–H groups in total. The summed E-state index contributed by atoms with van der Waals surface area (Å²) in [6.45, 7) is 2.49. The smallest absolute Gasteiger partial charge is 0.414 e. The highest BCUT2D eigenvalue weighted by atomic mass is 35.5. The number of anilines is 1. The highest BCUT2D eigenvalue weighted by Gasteiger charge is 2.35. The second-order valence-electron chi connectivity index (χ2n) is 4.86. The standard InChI is InChI=1S/C14H14ClNO3S/c1-7-3-9-11(17)4-10-12(13(9)20-7)8(5-15)6-16(10)14(18)19-2/h3-4,8,17H,5-6H2,1-2H3. The van der Waals surface area contributed by atoms with Crippen molar-refractivity contribution in [2.75, 3.05) is 24.4 Å². The van der Waals surface area contributed by atoms with E-state index in [1.807, 2.05) is 13.0 Å². The van der Waals surface area contributed by atoms with Crippen LogP contribution in [-0.2, 0) is 4.74 Å². The number of thiophene rings is 1. The Hall–Kier alpha value is -1.46. The van der Waals surface area contributed by atoms with E-state index in [-0.39, 0.29) is 11.7 Å². The number of aromatic hydroxyl groups is 1. The van der Waals surface area contributed by atoms with Crippen LogP contribution in [0.3, 0.4) is 0 Å². The van der Waals surface area contributed by atoms with Crippen molar-refractivity contribution in [2.45, 2.75) is 12.8 Å². The van der Waals surface area contributed by atoms with Gasteiger partial charge in [-0.3, -0.25) is 4.90 Å². The Morgan fingerprint density at radius 3 is 3.00 bits per heavy atom. The minimum atomic E-state index is -0.425. The number of alkyl halides is 1. The van der Waals surface area contributed by atoms with Crippen LogP contribution in [0.4, 0.5) is 10.5 Å². The number of hydrogen-bond donors (Lipinski definition) is 1. The third-order valence-corrected chi connectivity index (χ3v) is 5.06. The van der Waals surface area contributed by atoms with Gasteiger partial charge in [0.15, 0.2) is 0 Å². The summed E-state index contributed by atoms with van der Waals surface area (Å²) in [4.78, 5) is 14.5. The molecule has 1 unspecified atom stereocenters. The number of nitrogens with zero attached hydrogens (tertiary/aromatic N) is 1. The number of benzene rings is 1. The normalized spacial score (nSPS) is 17.6. The number of ether oxygens (including phenoxy) is 1. The SMILES string of the molecule is COC(=O)N1CC(CCl)c2c1cc(O)c1cc(C)sc21. The van der Waals surface area contributed by atoms with Crippen molar-refractivity contribution in [3.63, 3.8) is 0 Å². The Bertz CT molecular complexity index is 697. The van der Waals surface area contributed by atoms with Crippen LogP contribution in [0.2, 0.25) is 0 Å². The predicted octanol–water partition coefficient (Wildman–Crippen LogP) is 3.82. The minimum Gasteiger partial charge on any atom is -0.507 e.